The maximum absolute atomic E-state index is 10.8. The minimum Gasteiger partial charge on any atom is -0.497 e. The first-order valence-corrected chi connectivity index (χ1v) is 7.88. The third kappa shape index (κ3) is 3.54. The summed E-state index contributed by atoms with van der Waals surface area (Å²) in [5.74, 6) is 0.818. The summed E-state index contributed by atoms with van der Waals surface area (Å²) >= 11 is 3.56. The number of methoxy groups -OCH3 is 1. The number of nitrogens with zero attached hydrogens (tertiary/aromatic N) is 1. The first-order chi connectivity index (χ1) is 9.41. The number of hydrogen-bond acceptors (Lipinski definition) is 3. The molecule has 1 rings (SSSR count). The first-order valence-electron chi connectivity index (χ1n) is 7.09. The van der Waals surface area contributed by atoms with Gasteiger partial charge in [-0.25, -0.2) is 0 Å². The Hall–Kier alpha value is -0.580. The Kier molecular flexibility index (Phi) is 6.49. The Morgan fingerprint density at radius 3 is 2.35 bits per heavy atom. The molecule has 0 radical (unpaired) electrons. The quantitative estimate of drug-likeness (QED) is 0.822. The molecule has 3 nitrogen and oxygen atoms in total. The van der Waals surface area contributed by atoms with E-state index in [-0.39, 0.29) is 5.54 Å². The molecule has 0 aromatic heterocycles. The Labute approximate surface area is 131 Å². The fourth-order valence-electron chi connectivity index (χ4n) is 2.88. The van der Waals surface area contributed by atoms with Gasteiger partial charge in [0, 0.05) is 16.4 Å². The van der Waals surface area contributed by atoms with Crippen LogP contribution in [0.2, 0.25) is 0 Å². The van der Waals surface area contributed by atoms with Crippen LogP contribution in [0.25, 0.3) is 0 Å². The largest absolute Gasteiger partial charge is 0.497 e. The molecule has 20 heavy (non-hydrogen) atoms. The number of rotatable bonds is 7. The minimum absolute atomic E-state index is 0.192. The van der Waals surface area contributed by atoms with E-state index in [1.54, 1.807) is 7.11 Å². The molecule has 0 saturated carbocycles. The Balaban J connectivity index is 3.02. The summed E-state index contributed by atoms with van der Waals surface area (Å²) in [4.78, 5) is 2.14. The van der Waals surface area contributed by atoms with Gasteiger partial charge in [-0.15, -0.1) is 0 Å². The number of ether oxygens (including phenoxy) is 1. The molecule has 1 unspecified atom stereocenters. The molecule has 0 aliphatic rings. The third-order valence-corrected chi connectivity index (χ3v) is 5.18. The molecule has 114 valence electrons. The van der Waals surface area contributed by atoms with Crippen molar-refractivity contribution in [2.75, 3.05) is 21.2 Å². The van der Waals surface area contributed by atoms with Crippen molar-refractivity contribution in [3.63, 3.8) is 0 Å². The SMILES string of the molecule is CCC(CC)(C(O)Cc1cc(OC)ccc1Br)N(C)C. The van der Waals surface area contributed by atoms with Crippen molar-refractivity contribution in [2.24, 2.45) is 0 Å². The van der Waals surface area contributed by atoms with Crippen LogP contribution in [0.5, 0.6) is 5.75 Å². The molecule has 0 fully saturated rings. The smallest absolute Gasteiger partial charge is 0.119 e. The van der Waals surface area contributed by atoms with Crippen molar-refractivity contribution in [3.8, 4) is 5.75 Å². The van der Waals surface area contributed by atoms with E-state index in [1.807, 2.05) is 32.3 Å². The number of hydrogen-bond donors (Lipinski definition) is 1. The lowest BCUT2D eigenvalue weighted by Crippen LogP contribution is -2.53. The molecule has 1 aromatic carbocycles. The van der Waals surface area contributed by atoms with E-state index in [1.165, 1.54) is 0 Å². The average molecular weight is 344 g/mol. The third-order valence-electron chi connectivity index (χ3n) is 4.40. The van der Waals surface area contributed by atoms with E-state index >= 15 is 0 Å². The molecule has 1 aromatic rings. The minimum atomic E-state index is -0.420. The topological polar surface area (TPSA) is 32.7 Å². The van der Waals surface area contributed by atoms with Gasteiger partial charge in [0.15, 0.2) is 0 Å². The van der Waals surface area contributed by atoms with Crippen molar-refractivity contribution in [2.45, 2.75) is 44.8 Å². The van der Waals surface area contributed by atoms with Gasteiger partial charge in [0.2, 0.25) is 0 Å². The molecule has 0 spiro atoms. The van der Waals surface area contributed by atoms with Crippen LogP contribution in [0.3, 0.4) is 0 Å². The van der Waals surface area contributed by atoms with Crippen LogP contribution in [0, 0.1) is 0 Å². The van der Waals surface area contributed by atoms with Crippen molar-refractivity contribution in [1.29, 1.82) is 0 Å². The van der Waals surface area contributed by atoms with Gasteiger partial charge in [0.1, 0.15) is 5.75 Å². The second-order valence-corrected chi connectivity index (χ2v) is 6.24. The van der Waals surface area contributed by atoms with Crippen LogP contribution in [-0.2, 0) is 6.42 Å². The van der Waals surface area contributed by atoms with Gasteiger partial charge in [-0.1, -0.05) is 29.8 Å². The van der Waals surface area contributed by atoms with Crippen LogP contribution in [-0.4, -0.2) is 42.9 Å². The molecule has 0 heterocycles. The lowest BCUT2D eigenvalue weighted by molar-refractivity contribution is -0.0126. The lowest BCUT2D eigenvalue weighted by atomic mass is 9.82. The second kappa shape index (κ2) is 7.43. The number of benzene rings is 1. The maximum atomic E-state index is 10.8. The zero-order chi connectivity index (χ0) is 15.3. The van der Waals surface area contributed by atoms with Crippen LogP contribution in [0.1, 0.15) is 32.3 Å². The highest BCUT2D eigenvalue weighted by atomic mass is 79.9. The van der Waals surface area contributed by atoms with E-state index in [4.69, 9.17) is 4.74 Å². The predicted molar refractivity (Wildman–Crippen MR) is 87.4 cm³/mol. The van der Waals surface area contributed by atoms with Gasteiger partial charge in [-0.2, -0.15) is 0 Å². The molecule has 4 heteroatoms. The molecule has 0 aliphatic heterocycles. The van der Waals surface area contributed by atoms with E-state index in [2.05, 4.69) is 34.7 Å². The van der Waals surface area contributed by atoms with Crippen LogP contribution >= 0.6 is 15.9 Å². The van der Waals surface area contributed by atoms with Gasteiger partial charge in [0.05, 0.1) is 13.2 Å². The number of likely N-dealkylation sites (N-methyl/N-ethyl adjacent to an activating group) is 1. The standard InChI is InChI=1S/C16H26BrNO2/c1-6-16(7-2,18(3)4)15(19)11-12-10-13(20-5)8-9-14(12)17/h8-10,15,19H,6-7,11H2,1-5H3. The molecule has 1 atom stereocenters. The normalized spacial score (nSPS) is 13.6. The fraction of sp³-hybridized carbons (Fsp3) is 0.625. The van der Waals surface area contributed by atoms with E-state index < -0.39 is 6.10 Å². The van der Waals surface area contributed by atoms with Crippen LogP contribution < -0.4 is 4.74 Å². The highest BCUT2D eigenvalue weighted by molar-refractivity contribution is 9.10. The average Bonchev–Trinajstić information content (AvgIpc) is 2.43. The number of aliphatic hydroxyl groups excluding tert-OH is 1. The van der Waals surface area contributed by atoms with Gasteiger partial charge in [0.25, 0.3) is 0 Å². The van der Waals surface area contributed by atoms with Crippen molar-refractivity contribution in [1.82, 2.24) is 4.90 Å². The summed E-state index contributed by atoms with van der Waals surface area (Å²) in [5, 5.41) is 10.8. The molecular formula is C16H26BrNO2. The molecule has 1 N–H and O–H groups in total. The van der Waals surface area contributed by atoms with E-state index in [0.717, 1.165) is 28.6 Å². The Morgan fingerprint density at radius 1 is 1.30 bits per heavy atom. The Morgan fingerprint density at radius 2 is 1.90 bits per heavy atom. The van der Waals surface area contributed by atoms with Gasteiger partial charge in [-0.3, -0.25) is 0 Å². The summed E-state index contributed by atoms with van der Waals surface area (Å²) < 4.78 is 6.28. The predicted octanol–water partition coefficient (Wildman–Crippen LogP) is 3.48. The maximum Gasteiger partial charge on any atom is 0.119 e. The summed E-state index contributed by atoms with van der Waals surface area (Å²) in [5.41, 5.74) is 0.882. The summed E-state index contributed by atoms with van der Waals surface area (Å²) in [6.45, 7) is 4.26. The summed E-state index contributed by atoms with van der Waals surface area (Å²) in [6.07, 6.45) is 2.02. The van der Waals surface area contributed by atoms with Crippen molar-refractivity contribution in [3.05, 3.63) is 28.2 Å². The Bertz CT molecular complexity index is 430. The zero-order valence-electron chi connectivity index (χ0n) is 13.1. The van der Waals surface area contributed by atoms with Crippen LogP contribution in [0.4, 0.5) is 0 Å². The molecule has 0 bridgehead atoms. The van der Waals surface area contributed by atoms with Gasteiger partial charge < -0.3 is 14.7 Å². The van der Waals surface area contributed by atoms with Crippen molar-refractivity contribution >= 4 is 15.9 Å². The summed E-state index contributed by atoms with van der Waals surface area (Å²) in [6, 6.07) is 5.87. The molecule has 0 saturated heterocycles. The van der Waals surface area contributed by atoms with E-state index in [9.17, 15) is 5.11 Å². The van der Waals surface area contributed by atoms with Crippen LogP contribution in [0.15, 0.2) is 22.7 Å². The van der Waals surface area contributed by atoms with Crippen molar-refractivity contribution < 1.29 is 9.84 Å². The molecular weight excluding hydrogens is 318 g/mol. The van der Waals surface area contributed by atoms with E-state index in [0.29, 0.717) is 6.42 Å². The van der Waals surface area contributed by atoms with Gasteiger partial charge in [-0.05, 0) is 50.7 Å². The number of aliphatic hydroxyl groups is 1. The second-order valence-electron chi connectivity index (χ2n) is 5.38. The highest BCUT2D eigenvalue weighted by Crippen LogP contribution is 2.31. The lowest BCUT2D eigenvalue weighted by Gasteiger charge is -2.42. The highest BCUT2D eigenvalue weighted by Gasteiger charge is 2.36. The van der Waals surface area contributed by atoms with Gasteiger partial charge >= 0.3 is 0 Å². The zero-order valence-corrected chi connectivity index (χ0v) is 14.7. The monoisotopic (exact) mass is 343 g/mol. The fourth-order valence-corrected chi connectivity index (χ4v) is 3.29. The molecule has 0 aliphatic carbocycles. The number of halogens is 1. The first kappa shape index (κ1) is 17.5. The summed E-state index contributed by atoms with van der Waals surface area (Å²) in [7, 11) is 5.74. The molecule has 0 amide bonds.